The summed E-state index contributed by atoms with van der Waals surface area (Å²) in [6, 6.07) is 1.21. The highest BCUT2D eigenvalue weighted by Crippen LogP contribution is 2.46. The van der Waals surface area contributed by atoms with E-state index in [1.807, 2.05) is 13.8 Å². The Bertz CT molecular complexity index is 798. The summed E-state index contributed by atoms with van der Waals surface area (Å²) in [4.78, 5) is 20.5. The van der Waals surface area contributed by atoms with E-state index in [4.69, 9.17) is 0 Å². The summed E-state index contributed by atoms with van der Waals surface area (Å²) in [5, 5.41) is 22.9. The first-order chi connectivity index (χ1) is 10.5. The van der Waals surface area contributed by atoms with Gasteiger partial charge >= 0.3 is 0 Å². The van der Waals surface area contributed by atoms with Gasteiger partial charge in [-0.15, -0.1) is 0 Å². The normalized spacial score (nSPS) is 16.7. The molecule has 0 aliphatic heterocycles. The van der Waals surface area contributed by atoms with Crippen molar-refractivity contribution in [2.45, 2.75) is 50.3 Å². The van der Waals surface area contributed by atoms with Gasteiger partial charge in [0, 0.05) is 11.6 Å². The van der Waals surface area contributed by atoms with E-state index in [1.54, 1.807) is 0 Å². The molecule has 0 fully saturated rings. The van der Waals surface area contributed by atoms with Crippen LogP contribution in [-0.4, -0.2) is 24.0 Å². The van der Waals surface area contributed by atoms with Gasteiger partial charge in [-0.2, -0.15) is 0 Å². The zero-order valence-electron chi connectivity index (χ0n) is 13.2. The van der Waals surface area contributed by atoms with Crippen molar-refractivity contribution in [3.8, 4) is 0 Å². The third-order valence-electron chi connectivity index (χ3n) is 4.37. The minimum absolute atomic E-state index is 0.309. The van der Waals surface area contributed by atoms with Crippen LogP contribution in [0.5, 0.6) is 0 Å². The van der Waals surface area contributed by atoms with E-state index in [-0.39, 0.29) is 0 Å². The van der Waals surface area contributed by atoms with Gasteiger partial charge < -0.3 is 0 Å². The molecule has 0 spiro atoms. The maximum atomic E-state index is 12.3. The predicted molar refractivity (Wildman–Crippen MR) is 83.4 cm³/mol. The van der Waals surface area contributed by atoms with E-state index in [0.29, 0.717) is 24.0 Å². The summed E-state index contributed by atoms with van der Waals surface area (Å²) < 4.78 is 24.6. The Hall–Kier alpha value is -2.03. The Morgan fingerprint density at radius 2 is 1.83 bits per heavy atom. The summed E-state index contributed by atoms with van der Waals surface area (Å²) in [7, 11) is -4.10. The van der Waals surface area contributed by atoms with E-state index in [0.717, 1.165) is 6.42 Å². The van der Waals surface area contributed by atoms with Gasteiger partial charge in [0.2, 0.25) is 4.90 Å². The van der Waals surface area contributed by atoms with Crippen molar-refractivity contribution in [1.29, 1.82) is 0 Å². The third-order valence-corrected chi connectivity index (χ3v) is 6.15. The number of rotatable bonds is 4. The minimum Gasteiger partial charge on any atom is -0.258 e. The summed E-state index contributed by atoms with van der Waals surface area (Å²) in [5.41, 5.74) is -0.991. The molecule has 0 bridgehead atoms. The number of hydrogen-bond acceptors (Lipinski definition) is 6. The lowest BCUT2D eigenvalue weighted by Gasteiger charge is -2.32. The predicted octanol–water partition coefficient (Wildman–Crippen LogP) is 2.91. The monoisotopic (exact) mass is 342 g/mol. The molecule has 0 saturated heterocycles. The second-order valence-corrected chi connectivity index (χ2v) is 8.47. The molecule has 23 heavy (non-hydrogen) atoms. The Morgan fingerprint density at radius 3 is 2.30 bits per heavy atom. The maximum Gasteiger partial charge on any atom is 0.298 e. The van der Waals surface area contributed by atoms with Crippen LogP contribution in [0, 0.1) is 20.2 Å². The topological polar surface area (TPSA) is 120 Å². The Balaban J connectivity index is 3.03. The first-order valence-electron chi connectivity index (χ1n) is 7.25. The van der Waals surface area contributed by atoms with E-state index < -0.39 is 47.1 Å². The molecule has 0 unspecified atom stereocenters. The van der Waals surface area contributed by atoms with Crippen LogP contribution < -0.4 is 0 Å². The molecule has 1 aliphatic carbocycles. The Morgan fingerprint density at radius 1 is 1.22 bits per heavy atom. The van der Waals surface area contributed by atoms with Crippen LogP contribution >= 0.6 is 0 Å². The number of sulfone groups is 1. The van der Waals surface area contributed by atoms with Crippen LogP contribution in [0.15, 0.2) is 11.0 Å². The average molecular weight is 342 g/mol. The summed E-state index contributed by atoms with van der Waals surface area (Å²) >= 11 is 0. The zero-order chi connectivity index (χ0) is 17.6. The van der Waals surface area contributed by atoms with Crippen LogP contribution in [0.25, 0.3) is 0 Å². The van der Waals surface area contributed by atoms with Gasteiger partial charge in [0.15, 0.2) is 9.84 Å². The molecule has 1 aliphatic rings. The van der Waals surface area contributed by atoms with Gasteiger partial charge in [0.25, 0.3) is 11.4 Å². The van der Waals surface area contributed by atoms with Crippen molar-refractivity contribution >= 4 is 21.2 Å². The minimum atomic E-state index is -4.10. The van der Waals surface area contributed by atoms with E-state index in [9.17, 15) is 28.6 Å². The second-order valence-electron chi connectivity index (χ2n) is 6.25. The highest BCUT2D eigenvalue weighted by molar-refractivity contribution is 7.91. The van der Waals surface area contributed by atoms with Crippen LogP contribution in [0.2, 0.25) is 0 Å². The highest BCUT2D eigenvalue weighted by Gasteiger charge is 2.42. The van der Waals surface area contributed by atoms with Gasteiger partial charge in [-0.25, -0.2) is 8.42 Å². The van der Waals surface area contributed by atoms with Gasteiger partial charge in [-0.3, -0.25) is 20.2 Å². The molecule has 0 atom stereocenters. The quantitative estimate of drug-likeness (QED) is 0.612. The van der Waals surface area contributed by atoms with Gasteiger partial charge in [0.1, 0.15) is 0 Å². The fraction of sp³-hybridized carbons (Fsp3) is 0.571. The number of nitro benzene ring substituents is 2. The van der Waals surface area contributed by atoms with Gasteiger partial charge in [-0.1, -0.05) is 20.8 Å². The van der Waals surface area contributed by atoms with Crippen molar-refractivity contribution in [3.05, 3.63) is 37.4 Å². The van der Waals surface area contributed by atoms with Crippen molar-refractivity contribution < 1.29 is 18.3 Å². The molecule has 0 amide bonds. The van der Waals surface area contributed by atoms with Crippen molar-refractivity contribution in [2.75, 3.05) is 5.75 Å². The Kier molecular flexibility index (Phi) is 4.18. The first kappa shape index (κ1) is 17.3. The van der Waals surface area contributed by atoms with Crippen LogP contribution in [-0.2, 0) is 21.7 Å². The summed E-state index contributed by atoms with van der Waals surface area (Å²) in [6.07, 6.45) is 1.75. The maximum absolute atomic E-state index is 12.3. The van der Waals surface area contributed by atoms with Crippen LogP contribution in [0.3, 0.4) is 0 Å². The van der Waals surface area contributed by atoms with Gasteiger partial charge in [0.05, 0.1) is 15.6 Å². The Labute approximate surface area is 133 Å². The van der Waals surface area contributed by atoms with Crippen molar-refractivity contribution in [2.24, 2.45) is 0 Å². The number of nitrogens with zero attached hydrogens (tertiary/aromatic N) is 2. The van der Waals surface area contributed by atoms with E-state index in [1.165, 1.54) is 13.0 Å². The lowest BCUT2D eigenvalue weighted by Crippen LogP contribution is -2.26. The van der Waals surface area contributed by atoms with E-state index in [2.05, 4.69) is 0 Å². The third kappa shape index (κ3) is 2.80. The standard InChI is InChI=1S/C14H18N2O6S/c1-4-23(21,22)13-11(15(17)18)8-10-9(12(13)16(19)20)6-5-7-14(10,2)3/h8H,4-7H2,1-3H3. The molecule has 0 heterocycles. The van der Waals surface area contributed by atoms with Crippen LogP contribution in [0.4, 0.5) is 11.4 Å². The highest BCUT2D eigenvalue weighted by atomic mass is 32.2. The average Bonchev–Trinajstić information content (AvgIpc) is 2.44. The largest absolute Gasteiger partial charge is 0.298 e. The molecule has 0 saturated carbocycles. The molecule has 9 heteroatoms. The van der Waals surface area contributed by atoms with Crippen molar-refractivity contribution in [3.63, 3.8) is 0 Å². The first-order valence-corrected chi connectivity index (χ1v) is 8.90. The summed E-state index contributed by atoms with van der Waals surface area (Å²) in [5.74, 6) is -0.434. The number of benzene rings is 1. The van der Waals surface area contributed by atoms with Crippen molar-refractivity contribution in [1.82, 2.24) is 0 Å². The lowest BCUT2D eigenvalue weighted by atomic mass is 9.72. The molecule has 0 radical (unpaired) electrons. The number of nitro groups is 2. The zero-order valence-corrected chi connectivity index (χ0v) is 14.0. The molecule has 1 aromatic rings. The molecule has 1 aromatic carbocycles. The smallest absolute Gasteiger partial charge is 0.258 e. The molecular formula is C14H18N2O6S. The SMILES string of the molecule is CCS(=O)(=O)c1c([N+](=O)[O-])cc2c(c1[N+](=O)[O-])CCCC2(C)C. The molecular weight excluding hydrogens is 324 g/mol. The second kappa shape index (κ2) is 5.55. The molecule has 126 valence electrons. The molecule has 0 N–H and O–H groups in total. The fourth-order valence-electron chi connectivity index (χ4n) is 3.15. The van der Waals surface area contributed by atoms with E-state index >= 15 is 0 Å². The van der Waals surface area contributed by atoms with Crippen LogP contribution in [0.1, 0.15) is 44.7 Å². The lowest BCUT2D eigenvalue weighted by molar-refractivity contribution is -0.400. The summed E-state index contributed by atoms with van der Waals surface area (Å²) in [6.45, 7) is 5.02. The number of hydrogen-bond donors (Lipinski definition) is 0. The fourth-order valence-corrected chi connectivity index (χ4v) is 4.39. The molecule has 0 aromatic heterocycles. The molecule has 2 rings (SSSR count). The molecule has 8 nitrogen and oxygen atoms in total. The van der Waals surface area contributed by atoms with Gasteiger partial charge in [-0.05, 0) is 30.2 Å². The number of fused-ring (bicyclic) bond motifs is 1.